The maximum absolute atomic E-state index is 13.9. The molecule has 8 heteroatoms. The largest absolute Gasteiger partial charge is 0.477 e. The van der Waals surface area contributed by atoms with Crippen molar-refractivity contribution < 1.29 is 24.6 Å². The minimum absolute atomic E-state index is 0.00262. The highest BCUT2D eigenvalue weighted by Crippen LogP contribution is 2.38. The van der Waals surface area contributed by atoms with Crippen molar-refractivity contribution in [3.63, 3.8) is 0 Å². The molecule has 3 N–H and O–H groups in total. The molecule has 3 rings (SSSR count). The van der Waals surface area contributed by atoms with E-state index in [4.69, 9.17) is 5.11 Å². The number of carbonyl (C=O) groups excluding carboxylic acids is 1. The van der Waals surface area contributed by atoms with Gasteiger partial charge in [0.1, 0.15) is 4.88 Å². The number of carbonyl (C=O) groups is 3. The number of nitrogens with one attached hydrogen (secondary N) is 1. The predicted octanol–water partition coefficient (Wildman–Crippen LogP) is 5.58. The van der Waals surface area contributed by atoms with Crippen LogP contribution < -0.4 is 10.2 Å². The third kappa shape index (κ3) is 6.75. The monoisotopic (exact) mass is 488 g/mol. The molecular formula is C26H36N2O5S. The minimum atomic E-state index is -1.06. The van der Waals surface area contributed by atoms with Crippen molar-refractivity contribution in [3.05, 3.63) is 15.8 Å². The number of hydrogen-bond acceptors (Lipinski definition) is 4. The summed E-state index contributed by atoms with van der Waals surface area (Å²) in [6.07, 6.45) is 5.06. The number of hydrogen-bond donors (Lipinski definition) is 3. The number of anilines is 1. The molecule has 0 aliphatic heterocycles. The summed E-state index contributed by atoms with van der Waals surface area (Å²) in [4.78, 5) is 39.6. The normalized spacial score (nSPS) is 25.1. The Bertz CT molecular complexity index is 968. The lowest BCUT2D eigenvalue weighted by Crippen LogP contribution is -2.48. The Morgan fingerprint density at radius 2 is 1.65 bits per heavy atom. The van der Waals surface area contributed by atoms with Crippen LogP contribution in [0.4, 0.5) is 10.5 Å². The van der Waals surface area contributed by atoms with E-state index >= 15 is 0 Å². The lowest BCUT2D eigenvalue weighted by Gasteiger charge is -2.39. The Morgan fingerprint density at radius 3 is 2.18 bits per heavy atom. The first-order chi connectivity index (χ1) is 15.9. The predicted molar refractivity (Wildman–Crippen MR) is 133 cm³/mol. The fourth-order valence-corrected chi connectivity index (χ4v) is 5.72. The van der Waals surface area contributed by atoms with Gasteiger partial charge >= 0.3 is 12.1 Å². The van der Waals surface area contributed by atoms with Gasteiger partial charge in [-0.1, -0.05) is 18.8 Å². The Labute approximate surface area is 205 Å². The Kier molecular flexibility index (Phi) is 8.29. The van der Waals surface area contributed by atoms with Crippen LogP contribution >= 0.6 is 11.3 Å². The van der Waals surface area contributed by atoms with Crippen LogP contribution in [0.5, 0.6) is 0 Å². The maximum atomic E-state index is 13.9. The highest BCUT2D eigenvalue weighted by Gasteiger charge is 2.37. The summed E-state index contributed by atoms with van der Waals surface area (Å²) >= 11 is 1.12. The van der Waals surface area contributed by atoms with E-state index < -0.39 is 12.1 Å². The standard InChI is InChI=1S/C26H36N2O5S/c1-16-5-7-17(8-6-16)23(29)28(19-11-9-18(10-12-19)27-25(32)33)21-15-20(13-14-26(2,3)4)34-22(21)24(30)31/h15-19,27H,5-12H2,1-4H3,(H,30,31)(H,32,33)/t16-,17-,18?,19?. The smallest absolute Gasteiger partial charge is 0.404 e. The van der Waals surface area contributed by atoms with E-state index in [1.54, 1.807) is 11.0 Å². The van der Waals surface area contributed by atoms with Gasteiger partial charge in [0.15, 0.2) is 0 Å². The highest BCUT2D eigenvalue weighted by molar-refractivity contribution is 7.15. The van der Waals surface area contributed by atoms with Crippen LogP contribution in [-0.2, 0) is 4.79 Å². The van der Waals surface area contributed by atoms with E-state index in [1.807, 2.05) is 20.8 Å². The molecule has 0 unspecified atom stereocenters. The second-order valence-electron chi connectivity index (χ2n) is 10.8. The first-order valence-electron chi connectivity index (χ1n) is 12.2. The van der Waals surface area contributed by atoms with Gasteiger partial charge in [0, 0.05) is 23.4 Å². The van der Waals surface area contributed by atoms with Crippen molar-refractivity contribution in [3.8, 4) is 11.8 Å². The van der Waals surface area contributed by atoms with Crippen LogP contribution in [0.1, 0.15) is 93.6 Å². The third-order valence-electron chi connectivity index (χ3n) is 6.72. The Balaban J connectivity index is 1.95. The molecular weight excluding hydrogens is 452 g/mol. The van der Waals surface area contributed by atoms with Crippen LogP contribution in [0.2, 0.25) is 0 Å². The molecule has 186 valence electrons. The molecule has 1 heterocycles. The van der Waals surface area contributed by atoms with Crippen LogP contribution in [0.3, 0.4) is 0 Å². The van der Waals surface area contributed by atoms with Gasteiger partial charge in [-0.25, -0.2) is 9.59 Å². The quantitative estimate of drug-likeness (QED) is 0.469. The number of aromatic carboxylic acids is 1. The van der Waals surface area contributed by atoms with Crippen LogP contribution in [0.25, 0.3) is 0 Å². The second kappa shape index (κ2) is 10.8. The Morgan fingerprint density at radius 1 is 1.03 bits per heavy atom. The summed E-state index contributed by atoms with van der Waals surface area (Å²) in [5, 5.41) is 21.6. The maximum Gasteiger partial charge on any atom is 0.404 e. The van der Waals surface area contributed by atoms with E-state index in [0.29, 0.717) is 42.2 Å². The molecule has 2 amide bonds. The van der Waals surface area contributed by atoms with Crippen molar-refractivity contribution in [1.29, 1.82) is 0 Å². The molecule has 2 aliphatic carbocycles. The summed E-state index contributed by atoms with van der Waals surface area (Å²) < 4.78 is 0. The molecule has 0 saturated heterocycles. The average Bonchev–Trinajstić information content (AvgIpc) is 3.17. The zero-order valence-corrected chi connectivity index (χ0v) is 21.3. The van der Waals surface area contributed by atoms with Gasteiger partial charge in [-0.3, -0.25) is 4.79 Å². The van der Waals surface area contributed by atoms with E-state index in [-0.39, 0.29) is 34.2 Å². The van der Waals surface area contributed by atoms with Crippen LogP contribution in [0.15, 0.2) is 6.07 Å². The molecule has 1 aromatic rings. The molecule has 0 bridgehead atoms. The number of carboxylic acids is 1. The first-order valence-corrected chi connectivity index (χ1v) is 13.0. The lowest BCUT2D eigenvalue weighted by atomic mass is 9.81. The van der Waals surface area contributed by atoms with Crippen molar-refractivity contribution in [2.24, 2.45) is 17.3 Å². The first kappa shape index (κ1) is 26.1. The summed E-state index contributed by atoms with van der Waals surface area (Å²) in [7, 11) is 0. The van der Waals surface area contributed by atoms with Crippen molar-refractivity contribution in [1.82, 2.24) is 5.32 Å². The molecule has 0 aromatic carbocycles. The molecule has 7 nitrogen and oxygen atoms in total. The van der Waals surface area contributed by atoms with Crippen LogP contribution in [0, 0.1) is 29.1 Å². The van der Waals surface area contributed by atoms with Crippen molar-refractivity contribution >= 4 is 35.0 Å². The van der Waals surface area contributed by atoms with Gasteiger partial charge in [-0.15, -0.1) is 11.3 Å². The van der Waals surface area contributed by atoms with E-state index in [9.17, 15) is 19.5 Å². The average molecular weight is 489 g/mol. The highest BCUT2D eigenvalue weighted by atomic mass is 32.1. The third-order valence-corrected chi connectivity index (χ3v) is 7.75. The van der Waals surface area contributed by atoms with E-state index in [2.05, 4.69) is 24.1 Å². The van der Waals surface area contributed by atoms with Gasteiger partial charge in [0.2, 0.25) is 5.91 Å². The fraction of sp³-hybridized carbons (Fsp3) is 0.654. The number of carboxylic acid groups (broad SMARTS) is 2. The topological polar surface area (TPSA) is 107 Å². The number of amides is 2. The molecule has 1 aromatic heterocycles. The zero-order valence-electron chi connectivity index (χ0n) is 20.5. The summed E-state index contributed by atoms with van der Waals surface area (Å²) in [6.45, 7) is 8.19. The SMILES string of the molecule is CC(C)(C)C#Cc1cc(N(C(=O)[C@H]2CC[C@H](C)CC2)C2CCC(NC(=O)O)CC2)c(C(=O)O)s1. The van der Waals surface area contributed by atoms with E-state index in [1.165, 1.54) is 0 Å². The summed E-state index contributed by atoms with van der Waals surface area (Å²) in [6, 6.07) is 1.46. The van der Waals surface area contributed by atoms with Crippen molar-refractivity contribution in [2.75, 3.05) is 4.90 Å². The zero-order chi connectivity index (χ0) is 25.0. The summed E-state index contributed by atoms with van der Waals surface area (Å²) in [5.41, 5.74) is 0.214. The van der Waals surface area contributed by atoms with Crippen molar-refractivity contribution in [2.45, 2.75) is 91.1 Å². The molecule has 2 aliphatic rings. The Hall–Kier alpha value is -2.53. The molecule has 2 saturated carbocycles. The molecule has 34 heavy (non-hydrogen) atoms. The number of rotatable bonds is 5. The second-order valence-corrected chi connectivity index (χ2v) is 11.8. The van der Waals surface area contributed by atoms with Gasteiger partial charge in [-0.2, -0.15) is 0 Å². The molecule has 2 fully saturated rings. The molecule has 0 spiro atoms. The van der Waals surface area contributed by atoms with Gasteiger partial charge < -0.3 is 20.4 Å². The number of thiophene rings is 1. The van der Waals surface area contributed by atoms with E-state index in [0.717, 1.165) is 37.0 Å². The van der Waals surface area contributed by atoms with Gasteiger partial charge in [0.25, 0.3) is 0 Å². The molecule has 0 atom stereocenters. The molecule has 0 radical (unpaired) electrons. The summed E-state index contributed by atoms with van der Waals surface area (Å²) in [5.74, 6) is 5.69. The van der Waals surface area contributed by atoms with Crippen LogP contribution in [-0.4, -0.2) is 40.3 Å². The minimum Gasteiger partial charge on any atom is -0.477 e. The van der Waals surface area contributed by atoms with Gasteiger partial charge in [0.05, 0.1) is 10.6 Å². The lowest BCUT2D eigenvalue weighted by molar-refractivity contribution is -0.124. The fourth-order valence-electron chi connectivity index (χ4n) is 4.88. The van der Waals surface area contributed by atoms with Gasteiger partial charge in [-0.05, 0) is 84.1 Å². The number of nitrogens with zero attached hydrogens (tertiary/aromatic N) is 1.